The molecule has 1 N–H and O–H groups in total. The molecule has 1 aliphatic heterocycles. The minimum absolute atomic E-state index is 0.120. The largest absolute Gasteiger partial charge is 0.367 e. The highest BCUT2D eigenvalue weighted by atomic mass is 32.1. The van der Waals surface area contributed by atoms with Crippen LogP contribution >= 0.6 is 11.3 Å². The number of thiophene rings is 1. The highest BCUT2D eigenvalue weighted by Crippen LogP contribution is 2.18. The molecule has 120 valence electrons. The number of amides is 2. The topological polar surface area (TPSA) is 65.5 Å². The van der Waals surface area contributed by atoms with Crippen LogP contribution in [0.15, 0.2) is 35.8 Å². The van der Waals surface area contributed by atoms with Gasteiger partial charge in [0.1, 0.15) is 5.82 Å². The molecule has 23 heavy (non-hydrogen) atoms. The third-order valence-electron chi connectivity index (χ3n) is 3.82. The van der Waals surface area contributed by atoms with E-state index in [0.717, 1.165) is 31.9 Å². The molecule has 1 saturated heterocycles. The predicted octanol–water partition coefficient (Wildman–Crippen LogP) is 2.06. The summed E-state index contributed by atoms with van der Waals surface area (Å²) in [5.74, 6) is 0.513. The van der Waals surface area contributed by atoms with E-state index in [1.165, 1.54) is 11.3 Å². The highest BCUT2D eigenvalue weighted by molar-refractivity contribution is 7.12. The summed E-state index contributed by atoms with van der Waals surface area (Å²) in [6.07, 6.45) is 1.76. The summed E-state index contributed by atoms with van der Waals surface area (Å²) in [7, 11) is 0. The monoisotopic (exact) mass is 330 g/mol. The lowest BCUT2D eigenvalue weighted by molar-refractivity contribution is -0.129. The van der Waals surface area contributed by atoms with Gasteiger partial charge in [0.2, 0.25) is 5.91 Å². The van der Waals surface area contributed by atoms with Gasteiger partial charge in [-0.05, 0) is 23.6 Å². The van der Waals surface area contributed by atoms with Crippen molar-refractivity contribution in [3.8, 4) is 0 Å². The fraction of sp³-hybridized carbons (Fsp3) is 0.312. The van der Waals surface area contributed by atoms with Crippen LogP contribution < -0.4 is 10.2 Å². The minimum atomic E-state index is -0.143. The molecular weight excluding hydrogens is 312 g/mol. The van der Waals surface area contributed by atoms with E-state index in [4.69, 9.17) is 0 Å². The number of carbonyl (C=O) groups is 2. The van der Waals surface area contributed by atoms with Crippen LogP contribution in [-0.2, 0) is 4.79 Å². The Bertz CT molecular complexity index is 677. The molecule has 1 fully saturated rings. The van der Waals surface area contributed by atoms with E-state index in [0.29, 0.717) is 10.7 Å². The Morgan fingerprint density at radius 2 is 1.96 bits per heavy atom. The Morgan fingerprint density at radius 3 is 2.52 bits per heavy atom. The van der Waals surface area contributed by atoms with Gasteiger partial charge in [-0.3, -0.25) is 9.59 Å². The summed E-state index contributed by atoms with van der Waals surface area (Å²) in [5.41, 5.74) is 1.00. The zero-order chi connectivity index (χ0) is 16.2. The number of anilines is 2. The normalized spacial score (nSPS) is 14.7. The number of piperazine rings is 1. The molecule has 0 unspecified atom stereocenters. The Kier molecular flexibility index (Phi) is 4.57. The second-order valence-electron chi connectivity index (χ2n) is 5.33. The lowest BCUT2D eigenvalue weighted by atomic mass is 10.2. The number of hydrogen-bond acceptors (Lipinski definition) is 5. The second-order valence-corrected chi connectivity index (χ2v) is 6.27. The van der Waals surface area contributed by atoms with Crippen LogP contribution in [0, 0.1) is 0 Å². The molecule has 3 rings (SSSR count). The zero-order valence-electron chi connectivity index (χ0n) is 12.9. The van der Waals surface area contributed by atoms with E-state index in [1.54, 1.807) is 25.3 Å². The molecule has 2 aromatic rings. The summed E-state index contributed by atoms with van der Waals surface area (Å²) in [6.45, 7) is 4.64. The van der Waals surface area contributed by atoms with Crippen LogP contribution in [0.2, 0.25) is 0 Å². The van der Waals surface area contributed by atoms with Gasteiger partial charge in [-0.1, -0.05) is 6.07 Å². The first-order chi connectivity index (χ1) is 11.1. The van der Waals surface area contributed by atoms with Gasteiger partial charge in [-0.15, -0.1) is 11.3 Å². The van der Waals surface area contributed by atoms with E-state index in [9.17, 15) is 9.59 Å². The third kappa shape index (κ3) is 3.68. The third-order valence-corrected chi connectivity index (χ3v) is 4.69. The van der Waals surface area contributed by atoms with Crippen molar-refractivity contribution in [2.24, 2.45) is 0 Å². The van der Waals surface area contributed by atoms with Crippen LogP contribution in [-0.4, -0.2) is 47.9 Å². The summed E-state index contributed by atoms with van der Waals surface area (Å²) < 4.78 is 0. The van der Waals surface area contributed by atoms with Gasteiger partial charge < -0.3 is 15.1 Å². The van der Waals surface area contributed by atoms with Gasteiger partial charge >= 0.3 is 0 Å². The average molecular weight is 330 g/mol. The molecule has 0 bridgehead atoms. The van der Waals surface area contributed by atoms with Crippen molar-refractivity contribution in [2.75, 3.05) is 36.4 Å². The number of nitrogens with one attached hydrogen (secondary N) is 1. The number of rotatable bonds is 3. The minimum Gasteiger partial charge on any atom is -0.367 e. The molecule has 1 aliphatic rings. The molecular formula is C16H18N4O2S. The number of carbonyl (C=O) groups excluding carboxylic acids is 2. The van der Waals surface area contributed by atoms with Gasteiger partial charge in [0, 0.05) is 33.1 Å². The van der Waals surface area contributed by atoms with Crippen LogP contribution in [0.4, 0.5) is 11.5 Å². The Balaban J connectivity index is 1.59. The standard InChI is InChI=1S/C16H18N4O2S/c1-12(21)19-6-8-20(9-7-19)13-4-5-15(17-11-13)18-16(22)14-3-2-10-23-14/h2-5,10-11H,6-9H2,1H3,(H,17,18,22). The molecule has 0 saturated carbocycles. The Labute approximate surface area is 138 Å². The van der Waals surface area contributed by atoms with Crippen LogP contribution in [0.25, 0.3) is 0 Å². The number of hydrogen-bond donors (Lipinski definition) is 1. The summed E-state index contributed by atoms with van der Waals surface area (Å²) in [6, 6.07) is 7.37. The van der Waals surface area contributed by atoms with Crippen molar-refractivity contribution >= 4 is 34.7 Å². The van der Waals surface area contributed by atoms with Gasteiger partial charge in [0.05, 0.1) is 16.8 Å². The zero-order valence-corrected chi connectivity index (χ0v) is 13.7. The van der Waals surface area contributed by atoms with E-state index in [2.05, 4.69) is 15.2 Å². The molecule has 0 spiro atoms. The first kappa shape index (κ1) is 15.5. The smallest absolute Gasteiger partial charge is 0.266 e. The first-order valence-corrected chi connectivity index (χ1v) is 8.33. The van der Waals surface area contributed by atoms with E-state index < -0.39 is 0 Å². The highest BCUT2D eigenvalue weighted by Gasteiger charge is 2.19. The van der Waals surface area contributed by atoms with Gasteiger partial charge in [-0.25, -0.2) is 4.98 Å². The van der Waals surface area contributed by atoms with Gasteiger partial charge in [-0.2, -0.15) is 0 Å². The quantitative estimate of drug-likeness (QED) is 0.935. The summed E-state index contributed by atoms with van der Waals surface area (Å²) in [5, 5.41) is 4.65. The molecule has 0 aromatic carbocycles. The van der Waals surface area contributed by atoms with Crippen LogP contribution in [0.3, 0.4) is 0 Å². The van der Waals surface area contributed by atoms with E-state index in [1.807, 2.05) is 22.4 Å². The van der Waals surface area contributed by atoms with E-state index in [-0.39, 0.29) is 11.8 Å². The maximum atomic E-state index is 12.0. The number of aromatic nitrogens is 1. The van der Waals surface area contributed by atoms with E-state index >= 15 is 0 Å². The summed E-state index contributed by atoms with van der Waals surface area (Å²) >= 11 is 1.40. The predicted molar refractivity (Wildman–Crippen MR) is 91.0 cm³/mol. The lowest BCUT2D eigenvalue weighted by Crippen LogP contribution is -2.48. The lowest BCUT2D eigenvalue weighted by Gasteiger charge is -2.35. The second kappa shape index (κ2) is 6.78. The molecule has 2 amide bonds. The van der Waals surface area contributed by atoms with Gasteiger partial charge in [0.15, 0.2) is 0 Å². The fourth-order valence-electron chi connectivity index (χ4n) is 2.51. The summed E-state index contributed by atoms with van der Waals surface area (Å²) in [4.78, 5) is 32.3. The molecule has 0 atom stereocenters. The molecule has 7 heteroatoms. The maximum absolute atomic E-state index is 12.0. The van der Waals surface area contributed by atoms with Crippen molar-refractivity contribution in [1.29, 1.82) is 0 Å². The number of nitrogens with zero attached hydrogens (tertiary/aromatic N) is 3. The first-order valence-electron chi connectivity index (χ1n) is 7.45. The molecule has 3 heterocycles. The molecule has 0 radical (unpaired) electrons. The van der Waals surface area contributed by atoms with Crippen molar-refractivity contribution in [2.45, 2.75) is 6.92 Å². The average Bonchev–Trinajstić information content (AvgIpc) is 3.10. The fourth-order valence-corrected chi connectivity index (χ4v) is 3.13. The SMILES string of the molecule is CC(=O)N1CCN(c2ccc(NC(=O)c3cccs3)nc2)CC1. The van der Waals surface area contributed by atoms with Crippen molar-refractivity contribution in [3.63, 3.8) is 0 Å². The van der Waals surface area contributed by atoms with Crippen molar-refractivity contribution in [3.05, 3.63) is 40.7 Å². The van der Waals surface area contributed by atoms with Crippen LogP contribution in [0.1, 0.15) is 16.6 Å². The molecule has 0 aliphatic carbocycles. The van der Waals surface area contributed by atoms with Crippen molar-refractivity contribution in [1.82, 2.24) is 9.88 Å². The molecule has 6 nitrogen and oxygen atoms in total. The number of pyridine rings is 1. The van der Waals surface area contributed by atoms with Gasteiger partial charge in [0.25, 0.3) is 5.91 Å². The molecule has 2 aromatic heterocycles. The van der Waals surface area contributed by atoms with Crippen LogP contribution in [0.5, 0.6) is 0 Å². The van der Waals surface area contributed by atoms with Crippen molar-refractivity contribution < 1.29 is 9.59 Å². The Morgan fingerprint density at radius 1 is 1.17 bits per heavy atom. The maximum Gasteiger partial charge on any atom is 0.266 e. The Hall–Kier alpha value is -2.41.